The predicted molar refractivity (Wildman–Crippen MR) is 88.8 cm³/mol. The first-order valence-corrected chi connectivity index (χ1v) is 8.83. The number of carbonyl (C=O) groups is 2. The Morgan fingerprint density at radius 3 is 2.52 bits per heavy atom. The Morgan fingerprint density at radius 1 is 1.32 bits per heavy atom. The second-order valence-electron chi connectivity index (χ2n) is 5.63. The number of aryl methyl sites for hydroxylation is 1. The number of carbonyl (C=O) groups excluding carboxylic acids is 1. The Hall–Kier alpha value is -2.01. The molecule has 1 unspecified atom stereocenters. The largest absolute Gasteiger partial charge is 0.479 e. The van der Waals surface area contributed by atoms with E-state index < -0.39 is 34.0 Å². The average Bonchev–Trinajstić information content (AvgIpc) is 2.53. The first kappa shape index (κ1) is 21.0. The van der Waals surface area contributed by atoms with E-state index in [9.17, 15) is 23.1 Å². The van der Waals surface area contributed by atoms with Gasteiger partial charge in [0.15, 0.2) is 5.60 Å². The molecular formula is C15H22N2O7S. The highest BCUT2D eigenvalue weighted by atomic mass is 32.2. The van der Waals surface area contributed by atoms with Gasteiger partial charge in [-0.05, 0) is 31.5 Å². The van der Waals surface area contributed by atoms with Crippen LogP contribution in [0.25, 0.3) is 0 Å². The molecule has 1 rings (SSSR count). The minimum absolute atomic E-state index is 0.0656. The number of carboxylic acids is 1. The summed E-state index contributed by atoms with van der Waals surface area (Å²) < 4.78 is 31.5. The van der Waals surface area contributed by atoms with E-state index in [1.165, 1.54) is 25.3 Å². The van der Waals surface area contributed by atoms with Gasteiger partial charge in [-0.3, -0.25) is 4.79 Å². The van der Waals surface area contributed by atoms with Crippen LogP contribution in [0, 0.1) is 6.92 Å². The van der Waals surface area contributed by atoms with Gasteiger partial charge in [-0.2, -0.15) is 0 Å². The molecule has 0 heterocycles. The number of methoxy groups -OCH3 is 1. The molecule has 10 heteroatoms. The number of aliphatic carboxylic acids is 1. The molecule has 0 fully saturated rings. The van der Waals surface area contributed by atoms with E-state index >= 15 is 0 Å². The third-order valence-electron chi connectivity index (χ3n) is 3.42. The molecule has 0 aliphatic carbocycles. The van der Waals surface area contributed by atoms with Crippen LogP contribution in [0.1, 0.15) is 22.8 Å². The Kier molecular flexibility index (Phi) is 7.06. The van der Waals surface area contributed by atoms with E-state index in [1.54, 1.807) is 6.92 Å². The number of carboxylic acid groups (broad SMARTS) is 1. The number of sulfonamides is 1. The first-order valence-electron chi connectivity index (χ1n) is 7.34. The third-order valence-corrected chi connectivity index (χ3v) is 4.87. The van der Waals surface area contributed by atoms with Crippen LogP contribution in [0.15, 0.2) is 23.1 Å². The number of amides is 1. The van der Waals surface area contributed by atoms with Crippen molar-refractivity contribution in [2.24, 2.45) is 0 Å². The first-order chi connectivity index (χ1) is 11.5. The van der Waals surface area contributed by atoms with Gasteiger partial charge in [-0.15, -0.1) is 0 Å². The number of nitrogens with one attached hydrogen (secondary N) is 2. The third kappa shape index (κ3) is 5.78. The summed E-state index contributed by atoms with van der Waals surface area (Å²) in [6.07, 6.45) is 0. The van der Waals surface area contributed by atoms with Crippen LogP contribution >= 0.6 is 0 Å². The van der Waals surface area contributed by atoms with Crippen LogP contribution in [-0.4, -0.2) is 62.9 Å². The lowest BCUT2D eigenvalue weighted by Crippen LogP contribution is -2.46. The summed E-state index contributed by atoms with van der Waals surface area (Å²) in [5.41, 5.74) is -1.56. The highest BCUT2D eigenvalue weighted by molar-refractivity contribution is 7.89. The van der Waals surface area contributed by atoms with Crippen molar-refractivity contribution >= 4 is 21.9 Å². The van der Waals surface area contributed by atoms with E-state index in [0.717, 1.165) is 6.92 Å². The minimum Gasteiger partial charge on any atom is -0.479 e. The second-order valence-corrected chi connectivity index (χ2v) is 7.40. The summed E-state index contributed by atoms with van der Waals surface area (Å²) in [7, 11) is -2.38. The Bertz CT molecular complexity index is 744. The maximum absolute atomic E-state index is 12.2. The number of aliphatic hydroxyl groups is 1. The Morgan fingerprint density at radius 2 is 1.96 bits per heavy atom. The summed E-state index contributed by atoms with van der Waals surface area (Å²) in [6, 6.07) is 4.01. The molecule has 1 amide bonds. The van der Waals surface area contributed by atoms with E-state index in [4.69, 9.17) is 9.84 Å². The molecule has 0 spiro atoms. The van der Waals surface area contributed by atoms with Crippen molar-refractivity contribution in [1.82, 2.24) is 10.0 Å². The minimum atomic E-state index is -3.82. The lowest BCUT2D eigenvalue weighted by Gasteiger charge is -2.19. The fourth-order valence-corrected chi connectivity index (χ4v) is 2.84. The molecule has 25 heavy (non-hydrogen) atoms. The molecule has 0 aliphatic heterocycles. The molecular weight excluding hydrogens is 352 g/mol. The Labute approximate surface area is 146 Å². The predicted octanol–water partition coefficient (Wildman–Crippen LogP) is -0.515. The summed E-state index contributed by atoms with van der Waals surface area (Å²) >= 11 is 0. The molecule has 0 radical (unpaired) electrons. The normalized spacial score (nSPS) is 13.9. The van der Waals surface area contributed by atoms with Gasteiger partial charge in [0, 0.05) is 19.2 Å². The van der Waals surface area contributed by atoms with E-state index in [1.807, 2.05) is 0 Å². The highest BCUT2D eigenvalue weighted by Gasteiger charge is 2.30. The van der Waals surface area contributed by atoms with Crippen molar-refractivity contribution in [1.29, 1.82) is 0 Å². The molecule has 0 aliphatic rings. The lowest BCUT2D eigenvalue weighted by molar-refractivity contribution is -0.155. The molecule has 140 valence electrons. The Balaban J connectivity index is 2.98. The van der Waals surface area contributed by atoms with Crippen LogP contribution in [0.4, 0.5) is 0 Å². The summed E-state index contributed by atoms with van der Waals surface area (Å²) in [6.45, 7) is 2.41. The van der Waals surface area contributed by atoms with Crippen molar-refractivity contribution in [2.45, 2.75) is 24.3 Å². The molecule has 0 saturated heterocycles. The molecule has 1 atom stereocenters. The van der Waals surface area contributed by atoms with Crippen molar-refractivity contribution in [3.63, 3.8) is 0 Å². The van der Waals surface area contributed by atoms with E-state index in [-0.39, 0.29) is 23.6 Å². The number of ether oxygens (including phenoxy) is 1. The monoisotopic (exact) mass is 374 g/mol. The fourth-order valence-electron chi connectivity index (χ4n) is 1.80. The fraction of sp³-hybridized carbons (Fsp3) is 0.467. The number of hydrogen-bond donors (Lipinski definition) is 4. The van der Waals surface area contributed by atoms with Crippen molar-refractivity contribution in [3.05, 3.63) is 29.3 Å². The quantitative estimate of drug-likeness (QED) is 0.426. The maximum atomic E-state index is 12.2. The molecule has 1 aromatic rings. The van der Waals surface area contributed by atoms with Gasteiger partial charge in [0.25, 0.3) is 5.91 Å². The maximum Gasteiger partial charge on any atom is 0.337 e. The highest BCUT2D eigenvalue weighted by Crippen LogP contribution is 2.16. The van der Waals surface area contributed by atoms with E-state index in [0.29, 0.717) is 5.56 Å². The second kappa shape index (κ2) is 8.39. The zero-order valence-corrected chi connectivity index (χ0v) is 15.0. The smallest absolute Gasteiger partial charge is 0.337 e. The van der Waals surface area contributed by atoms with E-state index in [2.05, 4.69) is 10.0 Å². The van der Waals surface area contributed by atoms with Crippen molar-refractivity contribution in [3.8, 4) is 0 Å². The van der Waals surface area contributed by atoms with Crippen molar-refractivity contribution < 1.29 is 33.0 Å². The van der Waals surface area contributed by atoms with Crippen LogP contribution < -0.4 is 10.0 Å². The van der Waals surface area contributed by atoms with Crippen LogP contribution in [-0.2, 0) is 19.6 Å². The van der Waals surface area contributed by atoms with Gasteiger partial charge in [-0.25, -0.2) is 17.9 Å². The zero-order chi connectivity index (χ0) is 19.3. The average molecular weight is 374 g/mol. The topological polar surface area (TPSA) is 142 Å². The molecule has 0 bridgehead atoms. The zero-order valence-electron chi connectivity index (χ0n) is 14.2. The molecule has 9 nitrogen and oxygen atoms in total. The lowest BCUT2D eigenvalue weighted by atomic mass is 10.1. The van der Waals surface area contributed by atoms with Gasteiger partial charge < -0.3 is 20.3 Å². The summed E-state index contributed by atoms with van der Waals surface area (Å²) in [5, 5.41) is 20.8. The van der Waals surface area contributed by atoms with Crippen LogP contribution in [0.2, 0.25) is 0 Å². The van der Waals surface area contributed by atoms with Gasteiger partial charge in [-0.1, -0.05) is 6.07 Å². The molecule has 0 saturated carbocycles. The number of hydrogen-bond acceptors (Lipinski definition) is 6. The SMILES string of the molecule is COCCNS(=O)(=O)c1ccc(C)c(C(=O)NCC(C)(O)C(=O)O)c1. The van der Waals surface area contributed by atoms with Crippen LogP contribution in [0.3, 0.4) is 0 Å². The molecule has 4 N–H and O–H groups in total. The van der Waals surface area contributed by atoms with Crippen molar-refractivity contribution in [2.75, 3.05) is 26.8 Å². The number of rotatable bonds is 9. The van der Waals surface area contributed by atoms with Gasteiger partial charge in [0.2, 0.25) is 10.0 Å². The van der Waals surface area contributed by atoms with Crippen LogP contribution in [0.5, 0.6) is 0 Å². The molecule has 1 aromatic carbocycles. The number of benzene rings is 1. The standard InChI is InChI=1S/C15H22N2O7S/c1-10-4-5-11(25(22,23)17-6-7-24-3)8-12(10)13(18)16-9-15(2,21)14(19)20/h4-5,8,17,21H,6-7,9H2,1-3H3,(H,16,18)(H,19,20). The van der Waals surface area contributed by atoms with Gasteiger partial charge in [0.1, 0.15) is 0 Å². The summed E-state index contributed by atoms with van der Waals surface area (Å²) in [5.74, 6) is -2.17. The summed E-state index contributed by atoms with van der Waals surface area (Å²) in [4.78, 5) is 23.0. The van der Waals surface area contributed by atoms with Gasteiger partial charge in [0.05, 0.1) is 18.0 Å². The molecule has 0 aromatic heterocycles. The van der Waals surface area contributed by atoms with Gasteiger partial charge >= 0.3 is 5.97 Å².